The van der Waals surface area contributed by atoms with Crippen molar-refractivity contribution in [3.63, 3.8) is 0 Å². The quantitative estimate of drug-likeness (QED) is 0.533. The zero-order valence-electron chi connectivity index (χ0n) is 9.80. The minimum atomic E-state index is -0.294. The van der Waals surface area contributed by atoms with Gasteiger partial charge in [-0.1, -0.05) is 13.8 Å². The number of alkyl halides is 1. The molecule has 0 saturated heterocycles. The van der Waals surface area contributed by atoms with Gasteiger partial charge in [-0.2, -0.15) is 0 Å². The van der Waals surface area contributed by atoms with Crippen LogP contribution in [0.4, 0.5) is 4.39 Å². The van der Waals surface area contributed by atoms with Gasteiger partial charge in [-0.3, -0.25) is 0 Å². The first-order valence-corrected chi connectivity index (χ1v) is 6.13. The lowest BCUT2D eigenvalue weighted by atomic mass is 10.1. The fraction of sp³-hybridized carbons (Fsp3) is 0.538. The zero-order chi connectivity index (χ0) is 12.0. The normalized spacial score (nSPS) is 10.8. The standard InChI is InChI=1S/C13H18ClFO/c1-10(2)4-3-5-16-13-7-11(9-14)6-12(15)8-13/h6-8,10H,3-5,9H2,1-2H3. The van der Waals surface area contributed by atoms with Gasteiger partial charge in [0.1, 0.15) is 11.6 Å². The molecule has 90 valence electrons. The van der Waals surface area contributed by atoms with E-state index in [0.717, 1.165) is 18.4 Å². The molecule has 3 heteroatoms. The molecule has 16 heavy (non-hydrogen) atoms. The van der Waals surface area contributed by atoms with Gasteiger partial charge >= 0.3 is 0 Å². The monoisotopic (exact) mass is 244 g/mol. The molecule has 0 aromatic heterocycles. The van der Waals surface area contributed by atoms with Gasteiger partial charge < -0.3 is 4.74 Å². The molecule has 0 N–H and O–H groups in total. The van der Waals surface area contributed by atoms with Crippen molar-refractivity contribution >= 4 is 11.6 Å². The third kappa shape index (κ3) is 4.84. The smallest absolute Gasteiger partial charge is 0.127 e. The van der Waals surface area contributed by atoms with Crippen LogP contribution in [-0.4, -0.2) is 6.61 Å². The Balaban J connectivity index is 2.44. The number of hydrogen-bond donors (Lipinski definition) is 0. The first-order valence-electron chi connectivity index (χ1n) is 5.60. The SMILES string of the molecule is CC(C)CCCOc1cc(F)cc(CCl)c1. The van der Waals surface area contributed by atoms with Gasteiger partial charge in [0.25, 0.3) is 0 Å². The summed E-state index contributed by atoms with van der Waals surface area (Å²) in [5.74, 6) is 1.26. The molecule has 0 atom stereocenters. The highest BCUT2D eigenvalue weighted by molar-refractivity contribution is 6.17. The van der Waals surface area contributed by atoms with E-state index in [1.165, 1.54) is 12.1 Å². The van der Waals surface area contributed by atoms with Crippen LogP contribution in [0.2, 0.25) is 0 Å². The number of benzene rings is 1. The van der Waals surface area contributed by atoms with Crippen molar-refractivity contribution in [1.82, 2.24) is 0 Å². The molecular formula is C13H18ClFO. The molecule has 0 unspecified atom stereocenters. The Morgan fingerprint density at radius 2 is 2.06 bits per heavy atom. The van der Waals surface area contributed by atoms with Crippen LogP contribution in [0.25, 0.3) is 0 Å². The van der Waals surface area contributed by atoms with Crippen molar-refractivity contribution in [1.29, 1.82) is 0 Å². The van der Waals surface area contributed by atoms with Crippen molar-refractivity contribution in [3.05, 3.63) is 29.6 Å². The fourth-order valence-corrected chi connectivity index (χ4v) is 1.62. The van der Waals surface area contributed by atoms with Crippen LogP contribution >= 0.6 is 11.6 Å². The molecule has 1 aromatic rings. The summed E-state index contributed by atoms with van der Waals surface area (Å²) in [6.45, 7) is 4.98. The Bertz CT molecular complexity index is 326. The third-order valence-electron chi connectivity index (χ3n) is 2.28. The molecule has 0 aliphatic heterocycles. The largest absolute Gasteiger partial charge is 0.493 e. The van der Waals surface area contributed by atoms with Crippen molar-refractivity contribution in [2.75, 3.05) is 6.61 Å². The topological polar surface area (TPSA) is 9.23 Å². The Morgan fingerprint density at radius 1 is 1.31 bits per heavy atom. The van der Waals surface area contributed by atoms with Crippen LogP contribution < -0.4 is 4.74 Å². The number of halogens is 2. The Morgan fingerprint density at radius 3 is 2.69 bits per heavy atom. The van der Waals surface area contributed by atoms with E-state index in [1.807, 2.05) is 0 Å². The van der Waals surface area contributed by atoms with Crippen LogP contribution in [-0.2, 0) is 5.88 Å². The second-order valence-corrected chi connectivity index (χ2v) is 4.58. The summed E-state index contributed by atoms with van der Waals surface area (Å²) in [4.78, 5) is 0. The molecule has 0 amide bonds. The molecule has 0 heterocycles. The van der Waals surface area contributed by atoms with Crippen molar-refractivity contribution in [3.8, 4) is 5.75 Å². The van der Waals surface area contributed by atoms with Crippen molar-refractivity contribution in [2.45, 2.75) is 32.6 Å². The number of rotatable bonds is 6. The fourth-order valence-electron chi connectivity index (χ4n) is 1.46. The third-order valence-corrected chi connectivity index (χ3v) is 2.59. The lowest BCUT2D eigenvalue weighted by molar-refractivity contribution is 0.296. The molecule has 0 aliphatic rings. The summed E-state index contributed by atoms with van der Waals surface area (Å²) >= 11 is 5.65. The van der Waals surface area contributed by atoms with E-state index < -0.39 is 0 Å². The van der Waals surface area contributed by atoms with Gasteiger partial charge in [-0.25, -0.2) is 4.39 Å². The van der Waals surface area contributed by atoms with E-state index in [4.69, 9.17) is 16.3 Å². The maximum Gasteiger partial charge on any atom is 0.127 e. The first kappa shape index (κ1) is 13.3. The van der Waals surface area contributed by atoms with E-state index in [-0.39, 0.29) is 5.82 Å². The van der Waals surface area contributed by atoms with E-state index >= 15 is 0 Å². The molecular weight excluding hydrogens is 227 g/mol. The van der Waals surface area contributed by atoms with Gasteiger partial charge in [-0.15, -0.1) is 11.6 Å². The number of ether oxygens (including phenoxy) is 1. The highest BCUT2D eigenvalue weighted by Gasteiger charge is 2.01. The Labute approximate surface area is 102 Å². The van der Waals surface area contributed by atoms with Crippen molar-refractivity contribution < 1.29 is 9.13 Å². The highest BCUT2D eigenvalue weighted by Crippen LogP contribution is 2.18. The summed E-state index contributed by atoms with van der Waals surface area (Å²) in [5.41, 5.74) is 0.750. The summed E-state index contributed by atoms with van der Waals surface area (Å²) < 4.78 is 18.6. The van der Waals surface area contributed by atoms with Crippen LogP contribution in [0.15, 0.2) is 18.2 Å². The van der Waals surface area contributed by atoms with E-state index in [2.05, 4.69) is 13.8 Å². The molecule has 0 spiro atoms. The van der Waals surface area contributed by atoms with Gasteiger partial charge in [0, 0.05) is 11.9 Å². The Kier molecular flexibility index (Phi) is 5.61. The number of hydrogen-bond acceptors (Lipinski definition) is 1. The lowest BCUT2D eigenvalue weighted by Gasteiger charge is -2.08. The average Bonchev–Trinajstić information content (AvgIpc) is 2.23. The summed E-state index contributed by atoms with van der Waals surface area (Å²) in [7, 11) is 0. The molecule has 0 aliphatic carbocycles. The maximum absolute atomic E-state index is 13.1. The van der Waals surface area contributed by atoms with Crippen LogP contribution in [0.3, 0.4) is 0 Å². The molecule has 1 nitrogen and oxygen atoms in total. The highest BCUT2D eigenvalue weighted by atomic mass is 35.5. The lowest BCUT2D eigenvalue weighted by Crippen LogP contribution is -2.00. The molecule has 0 radical (unpaired) electrons. The summed E-state index contributed by atoms with van der Waals surface area (Å²) in [6.07, 6.45) is 2.11. The van der Waals surface area contributed by atoms with Gasteiger partial charge in [0.2, 0.25) is 0 Å². The van der Waals surface area contributed by atoms with E-state index in [9.17, 15) is 4.39 Å². The summed E-state index contributed by atoms with van der Waals surface area (Å²) in [6, 6.07) is 4.60. The van der Waals surface area contributed by atoms with E-state index in [1.54, 1.807) is 6.07 Å². The predicted octanol–water partition coefficient (Wildman–Crippen LogP) is 4.38. The molecule has 1 aromatic carbocycles. The zero-order valence-corrected chi connectivity index (χ0v) is 10.6. The van der Waals surface area contributed by atoms with Gasteiger partial charge in [0.15, 0.2) is 0 Å². The molecule has 0 saturated carbocycles. The molecule has 0 bridgehead atoms. The van der Waals surface area contributed by atoms with Crippen LogP contribution in [0.5, 0.6) is 5.75 Å². The van der Waals surface area contributed by atoms with E-state index in [0.29, 0.717) is 24.2 Å². The van der Waals surface area contributed by atoms with Crippen LogP contribution in [0, 0.1) is 11.7 Å². The molecule has 1 rings (SSSR count). The molecule has 0 fully saturated rings. The predicted molar refractivity (Wildman–Crippen MR) is 65.5 cm³/mol. The van der Waals surface area contributed by atoms with Gasteiger partial charge in [-0.05, 0) is 36.5 Å². The maximum atomic E-state index is 13.1. The minimum Gasteiger partial charge on any atom is -0.493 e. The average molecular weight is 245 g/mol. The second kappa shape index (κ2) is 6.74. The second-order valence-electron chi connectivity index (χ2n) is 4.31. The van der Waals surface area contributed by atoms with Crippen molar-refractivity contribution in [2.24, 2.45) is 5.92 Å². The first-order chi connectivity index (χ1) is 7.61. The summed E-state index contributed by atoms with van der Waals surface area (Å²) in [5, 5.41) is 0. The Hall–Kier alpha value is -0.760. The van der Waals surface area contributed by atoms with Gasteiger partial charge in [0.05, 0.1) is 6.61 Å². The van der Waals surface area contributed by atoms with Crippen LogP contribution in [0.1, 0.15) is 32.3 Å². The minimum absolute atomic E-state index is 0.294.